The summed E-state index contributed by atoms with van der Waals surface area (Å²) >= 11 is 0. The Kier molecular flexibility index (Phi) is 5.69. The number of aromatic nitrogens is 3. The van der Waals surface area contributed by atoms with Crippen molar-refractivity contribution in [2.24, 2.45) is 0 Å². The zero-order valence-electron chi connectivity index (χ0n) is 25.6. The van der Waals surface area contributed by atoms with Crippen molar-refractivity contribution in [2.75, 3.05) is 6.26 Å². The first-order valence-electron chi connectivity index (χ1n) is 15.8. The van der Waals surface area contributed by atoms with Gasteiger partial charge in [-0.25, -0.2) is 0 Å². The van der Waals surface area contributed by atoms with Crippen LogP contribution in [0, 0.1) is 0 Å². The van der Waals surface area contributed by atoms with E-state index in [4.69, 9.17) is 4.42 Å². The Morgan fingerprint density at radius 2 is 1.19 bits per heavy atom. The lowest BCUT2D eigenvalue weighted by molar-refractivity contribution is 0.660. The van der Waals surface area contributed by atoms with E-state index in [2.05, 4.69) is 154 Å². The molecule has 0 N–H and O–H groups in total. The number of para-hydroxylation sites is 4. The van der Waals surface area contributed by atoms with Gasteiger partial charge in [0, 0.05) is 62.2 Å². The van der Waals surface area contributed by atoms with Gasteiger partial charge in [-0.3, -0.25) is 4.98 Å². The highest BCUT2D eigenvalue weighted by atomic mass is 32.2. The Hall–Kier alpha value is -5.78. The quantitative estimate of drug-likeness (QED) is 0.183. The average molecular weight is 623 g/mol. The summed E-state index contributed by atoms with van der Waals surface area (Å²) < 4.78 is 11.2. The minimum absolute atomic E-state index is 0.195. The van der Waals surface area contributed by atoms with Crippen molar-refractivity contribution in [3.8, 4) is 11.4 Å². The summed E-state index contributed by atoms with van der Waals surface area (Å²) in [5.74, 6) is 0. The van der Waals surface area contributed by atoms with Crippen molar-refractivity contribution in [2.45, 2.75) is 9.79 Å². The summed E-state index contributed by atoms with van der Waals surface area (Å²) in [6.45, 7) is 0. The lowest BCUT2D eigenvalue weighted by Gasteiger charge is -2.10. The predicted molar refractivity (Wildman–Crippen MR) is 196 cm³/mol. The third-order valence-electron chi connectivity index (χ3n) is 9.52. The van der Waals surface area contributed by atoms with Crippen LogP contribution in [0.3, 0.4) is 0 Å². The maximum atomic E-state index is 6.44. The van der Waals surface area contributed by atoms with Crippen molar-refractivity contribution in [1.82, 2.24) is 14.1 Å². The monoisotopic (exact) mass is 622 g/mol. The van der Waals surface area contributed by atoms with Crippen LogP contribution in [0.2, 0.25) is 0 Å². The summed E-state index contributed by atoms with van der Waals surface area (Å²) in [6, 6.07) is 50.1. The van der Waals surface area contributed by atoms with Crippen molar-refractivity contribution >= 4 is 76.4 Å². The summed E-state index contributed by atoms with van der Waals surface area (Å²) in [5.41, 5.74) is 8.90. The second kappa shape index (κ2) is 10.1. The summed E-state index contributed by atoms with van der Waals surface area (Å²) in [7, 11) is -0.195. The molecule has 6 aromatic carbocycles. The number of rotatable bonds is 4. The van der Waals surface area contributed by atoms with Gasteiger partial charge in [0.2, 0.25) is 4.90 Å². The topological polar surface area (TPSA) is 35.9 Å². The molecular weight excluding hydrogens is 595 g/mol. The molecule has 0 saturated heterocycles. The first-order valence-corrected chi connectivity index (χ1v) is 17.4. The van der Waals surface area contributed by atoms with Gasteiger partial charge in [-0.1, -0.05) is 66.7 Å². The first-order chi connectivity index (χ1) is 23.2. The molecule has 0 amide bonds. The van der Waals surface area contributed by atoms with Gasteiger partial charge in [-0.2, -0.15) is 0 Å². The lowest BCUT2D eigenvalue weighted by Crippen LogP contribution is -2.01. The molecule has 0 radical (unpaired) electrons. The lowest BCUT2D eigenvalue weighted by atomic mass is 10.1. The standard InChI is InChI=1S/C42H28N3OS/c1-47(41-17-9-14-32-31-13-6-8-16-40(31)46-42(32)41)29-19-21-38-34(25-29)30-12-5-7-15-36(30)45(38)28-18-20-37-33(24-28)35-26-43-23-22-39(35)44(37)27-10-3-2-4-11-27/h2-26H,1H3/q+1. The Morgan fingerprint density at radius 3 is 2.09 bits per heavy atom. The van der Waals surface area contributed by atoms with E-state index in [9.17, 15) is 0 Å². The first kappa shape index (κ1) is 26.4. The molecule has 0 fully saturated rings. The highest BCUT2D eigenvalue weighted by Crippen LogP contribution is 2.39. The molecule has 4 heterocycles. The van der Waals surface area contributed by atoms with Crippen LogP contribution in [-0.2, 0) is 10.9 Å². The third kappa shape index (κ3) is 3.87. The largest absolute Gasteiger partial charge is 0.451 e. The third-order valence-corrected chi connectivity index (χ3v) is 11.5. The number of hydrogen-bond acceptors (Lipinski definition) is 2. The molecule has 0 aliphatic heterocycles. The summed E-state index contributed by atoms with van der Waals surface area (Å²) in [6.07, 6.45) is 6.18. The maximum absolute atomic E-state index is 6.44. The van der Waals surface area contributed by atoms with E-state index in [-0.39, 0.29) is 10.9 Å². The second-order valence-electron chi connectivity index (χ2n) is 12.0. The number of furan rings is 1. The second-order valence-corrected chi connectivity index (χ2v) is 14.0. The van der Waals surface area contributed by atoms with Gasteiger partial charge >= 0.3 is 0 Å². The minimum atomic E-state index is -0.195. The van der Waals surface area contributed by atoms with Crippen LogP contribution in [0.25, 0.3) is 76.9 Å². The van der Waals surface area contributed by atoms with Crippen LogP contribution in [0.4, 0.5) is 0 Å². The average Bonchev–Trinajstić information content (AvgIpc) is 3.79. The van der Waals surface area contributed by atoms with E-state index in [1.807, 2.05) is 18.5 Å². The molecule has 4 aromatic heterocycles. The van der Waals surface area contributed by atoms with Gasteiger partial charge in [-0.15, -0.1) is 0 Å². The van der Waals surface area contributed by atoms with Gasteiger partial charge in [0.05, 0.1) is 33.0 Å². The van der Waals surface area contributed by atoms with Gasteiger partial charge in [-0.05, 0) is 66.7 Å². The van der Waals surface area contributed by atoms with Gasteiger partial charge in [0.25, 0.3) is 0 Å². The smallest absolute Gasteiger partial charge is 0.203 e. The van der Waals surface area contributed by atoms with Gasteiger partial charge in [0.1, 0.15) is 11.8 Å². The normalized spacial score (nSPS) is 12.7. The summed E-state index contributed by atoms with van der Waals surface area (Å²) in [5, 5.41) is 7.17. The Labute approximate surface area is 273 Å². The van der Waals surface area contributed by atoms with E-state index < -0.39 is 0 Å². The van der Waals surface area contributed by atoms with Crippen molar-refractivity contribution < 1.29 is 4.42 Å². The van der Waals surface area contributed by atoms with Crippen molar-refractivity contribution in [3.63, 3.8) is 0 Å². The van der Waals surface area contributed by atoms with E-state index in [1.54, 1.807) is 0 Å². The molecule has 0 bridgehead atoms. The Bertz CT molecular complexity index is 2820. The Balaban J connectivity index is 1.16. The molecule has 4 nitrogen and oxygen atoms in total. The number of hydrogen-bond donors (Lipinski definition) is 0. The SMILES string of the molecule is C[S+](c1ccc2c(c1)c1ccccc1n2-c1ccc2c(c1)c1cnccc1n2-c1ccccc1)c1cccc2c1oc1ccccc12. The highest BCUT2D eigenvalue weighted by Gasteiger charge is 2.27. The van der Waals surface area contributed by atoms with Crippen LogP contribution in [0.15, 0.2) is 166 Å². The zero-order chi connectivity index (χ0) is 31.1. The fourth-order valence-corrected chi connectivity index (χ4v) is 8.89. The fourth-order valence-electron chi connectivity index (χ4n) is 7.36. The van der Waals surface area contributed by atoms with Gasteiger partial charge in [0.15, 0.2) is 10.5 Å². The van der Waals surface area contributed by atoms with E-state index >= 15 is 0 Å². The van der Waals surface area contributed by atoms with Crippen molar-refractivity contribution in [3.05, 3.63) is 152 Å². The predicted octanol–water partition coefficient (Wildman–Crippen LogP) is 10.8. The van der Waals surface area contributed by atoms with E-state index in [1.165, 1.54) is 53.3 Å². The van der Waals surface area contributed by atoms with Crippen LogP contribution in [0.5, 0.6) is 0 Å². The number of fused-ring (bicyclic) bond motifs is 9. The van der Waals surface area contributed by atoms with Crippen LogP contribution in [0.1, 0.15) is 0 Å². The number of nitrogens with zero attached hydrogens (tertiary/aromatic N) is 3. The molecule has 1 atom stereocenters. The van der Waals surface area contributed by atoms with Gasteiger partial charge < -0.3 is 13.6 Å². The number of pyridine rings is 1. The van der Waals surface area contributed by atoms with E-state index in [0.29, 0.717) is 0 Å². The Morgan fingerprint density at radius 1 is 0.511 bits per heavy atom. The van der Waals surface area contributed by atoms with Crippen LogP contribution >= 0.6 is 0 Å². The molecule has 0 spiro atoms. The molecule has 47 heavy (non-hydrogen) atoms. The molecule has 222 valence electrons. The van der Waals surface area contributed by atoms with Crippen molar-refractivity contribution in [1.29, 1.82) is 0 Å². The fraction of sp³-hybridized carbons (Fsp3) is 0.0238. The maximum Gasteiger partial charge on any atom is 0.203 e. The zero-order valence-corrected chi connectivity index (χ0v) is 26.4. The van der Waals surface area contributed by atoms with E-state index in [0.717, 1.165) is 33.4 Å². The van der Waals surface area contributed by atoms with Crippen LogP contribution in [-0.4, -0.2) is 20.4 Å². The molecule has 1 unspecified atom stereocenters. The molecule has 5 heteroatoms. The highest BCUT2D eigenvalue weighted by molar-refractivity contribution is 7.96. The summed E-state index contributed by atoms with van der Waals surface area (Å²) in [4.78, 5) is 7.04. The molecule has 0 saturated carbocycles. The molecule has 0 aliphatic rings. The molecule has 10 aromatic rings. The number of benzene rings is 6. The minimum Gasteiger partial charge on any atom is -0.451 e. The molecule has 10 rings (SSSR count). The van der Waals surface area contributed by atoms with Crippen LogP contribution < -0.4 is 0 Å². The molecular formula is C42H28N3OS+. The molecule has 0 aliphatic carbocycles.